The Morgan fingerprint density at radius 2 is 1.68 bits per heavy atom. The van der Waals surface area contributed by atoms with Crippen LogP contribution in [-0.2, 0) is 24.0 Å². The monoisotopic (exact) mass is 484 g/mol. The number of hydrogen-bond acceptors (Lipinski definition) is 7. The molecular weight excluding hydrogens is 444 g/mol. The third-order valence-corrected chi connectivity index (χ3v) is 5.92. The molecule has 4 amide bonds. The van der Waals surface area contributed by atoms with Gasteiger partial charge in [0.25, 0.3) is 0 Å². The Labute approximate surface area is 200 Å². The number of unbranched alkanes of at least 4 members (excludes halogenated alkanes) is 1. The quantitative estimate of drug-likeness (QED) is 0.185. The predicted molar refractivity (Wildman–Crippen MR) is 125 cm³/mol. The fraction of sp³-hybridized carbons (Fsp3) is 0.773. The summed E-state index contributed by atoms with van der Waals surface area (Å²) in [5, 5.41) is 16.8. The molecule has 1 aliphatic rings. The smallest absolute Gasteiger partial charge is 0.327 e. The van der Waals surface area contributed by atoms with Gasteiger partial charge in [-0.25, -0.2) is 4.79 Å². The van der Waals surface area contributed by atoms with Crippen molar-refractivity contribution < 1.29 is 29.1 Å². The van der Waals surface area contributed by atoms with Crippen LogP contribution in [-0.4, -0.2) is 82.9 Å². The van der Waals surface area contributed by atoms with Gasteiger partial charge in [-0.15, -0.1) is 0 Å². The van der Waals surface area contributed by atoms with Gasteiger partial charge in [0.15, 0.2) is 0 Å². The molecule has 34 heavy (non-hydrogen) atoms. The number of rotatable bonds is 13. The van der Waals surface area contributed by atoms with Crippen LogP contribution < -0.4 is 27.4 Å². The first-order valence-corrected chi connectivity index (χ1v) is 11.8. The van der Waals surface area contributed by atoms with Crippen LogP contribution >= 0.6 is 0 Å². The molecule has 0 aromatic heterocycles. The van der Waals surface area contributed by atoms with E-state index in [0.29, 0.717) is 32.2 Å². The maximum Gasteiger partial charge on any atom is 0.327 e. The van der Waals surface area contributed by atoms with Gasteiger partial charge >= 0.3 is 5.97 Å². The van der Waals surface area contributed by atoms with Crippen LogP contribution in [0.3, 0.4) is 0 Å². The van der Waals surface area contributed by atoms with Crippen LogP contribution in [0.1, 0.15) is 59.8 Å². The summed E-state index contributed by atoms with van der Waals surface area (Å²) in [6, 6.07) is -4.65. The van der Waals surface area contributed by atoms with E-state index in [1.165, 1.54) is 11.8 Å². The summed E-state index contributed by atoms with van der Waals surface area (Å²) in [5.41, 5.74) is 11.3. The Bertz CT molecular complexity index is 745. The highest BCUT2D eigenvalue weighted by Crippen LogP contribution is 2.19. The zero-order chi connectivity index (χ0) is 26.0. The first-order chi connectivity index (χ1) is 15.9. The molecule has 0 aromatic carbocycles. The molecule has 0 spiro atoms. The summed E-state index contributed by atoms with van der Waals surface area (Å²) in [7, 11) is 0. The van der Waals surface area contributed by atoms with E-state index in [1.807, 2.05) is 6.92 Å². The van der Waals surface area contributed by atoms with Crippen molar-refractivity contribution in [1.82, 2.24) is 20.9 Å². The SMILES string of the molecule is CCCC[C@H](NC(=O)[C@@H](N)C(C)C)C(=O)N[C@@H](C)C(=O)N1CCC[C@H]1C(=O)N[C@@H](CN)C(=O)O. The molecule has 194 valence electrons. The van der Waals surface area contributed by atoms with Crippen molar-refractivity contribution in [1.29, 1.82) is 0 Å². The summed E-state index contributed by atoms with van der Waals surface area (Å²) in [4.78, 5) is 63.4. The topological polar surface area (TPSA) is 197 Å². The van der Waals surface area contributed by atoms with Crippen LogP contribution in [0.15, 0.2) is 0 Å². The molecule has 0 unspecified atom stereocenters. The van der Waals surface area contributed by atoms with Gasteiger partial charge in [0.1, 0.15) is 24.2 Å². The van der Waals surface area contributed by atoms with Crippen molar-refractivity contribution in [2.24, 2.45) is 17.4 Å². The lowest BCUT2D eigenvalue weighted by molar-refractivity contribution is -0.144. The molecule has 0 aromatic rings. The van der Waals surface area contributed by atoms with Gasteiger partial charge in [0.05, 0.1) is 6.04 Å². The molecule has 0 saturated carbocycles. The number of nitrogens with zero attached hydrogens (tertiary/aromatic N) is 1. The molecular formula is C22H40N6O6. The Kier molecular flexibility index (Phi) is 11.9. The van der Waals surface area contributed by atoms with E-state index in [1.54, 1.807) is 13.8 Å². The van der Waals surface area contributed by atoms with E-state index in [2.05, 4.69) is 16.0 Å². The minimum atomic E-state index is -1.26. The number of aliphatic carboxylic acids is 1. The highest BCUT2D eigenvalue weighted by Gasteiger charge is 2.38. The minimum Gasteiger partial charge on any atom is -0.480 e. The molecule has 5 atom stereocenters. The van der Waals surface area contributed by atoms with Gasteiger partial charge in [-0.1, -0.05) is 33.6 Å². The number of likely N-dealkylation sites (tertiary alicyclic amines) is 1. The number of nitrogens with one attached hydrogen (secondary N) is 3. The fourth-order valence-electron chi connectivity index (χ4n) is 3.66. The van der Waals surface area contributed by atoms with Gasteiger partial charge < -0.3 is 37.4 Å². The van der Waals surface area contributed by atoms with Crippen molar-refractivity contribution in [3.63, 3.8) is 0 Å². The number of carbonyl (C=O) groups is 5. The molecule has 0 aliphatic carbocycles. The Balaban J connectivity index is 2.83. The number of amides is 4. The fourth-order valence-corrected chi connectivity index (χ4v) is 3.66. The lowest BCUT2D eigenvalue weighted by atomic mass is 10.0. The van der Waals surface area contributed by atoms with E-state index in [0.717, 1.165) is 6.42 Å². The second kappa shape index (κ2) is 13.9. The van der Waals surface area contributed by atoms with Crippen molar-refractivity contribution in [3.05, 3.63) is 0 Å². The highest BCUT2D eigenvalue weighted by molar-refractivity contribution is 5.95. The highest BCUT2D eigenvalue weighted by atomic mass is 16.4. The maximum absolute atomic E-state index is 13.0. The number of hydrogen-bond donors (Lipinski definition) is 6. The Morgan fingerprint density at radius 1 is 1.03 bits per heavy atom. The first-order valence-electron chi connectivity index (χ1n) is 11.8. The molecule has 0 radical (unpaired) electrons. The molecule has 1 rings (SSSR count). The van der Waals surface area contributed by atoms with Gasteiger partial charge in [-0.2, -0.15) is 0 Å². The predicted octanol–water partition coefficient (Wildman–Crippen LogP) is -1.33. The van der Waals surface area contributed by atoms with Crippen molar-refractivity contribution in [2.75, 3.05) is 13.1 Å². The lowest BCUT2D eigenvalue weighted by Gasteiger charge is -2.29. The number of carbonyl (C=O) groups excluding carboxylic acids is 4. The van der Waals surface area contributed by atoms with Gasteiger partial charge in [-0.05, 0) is 32.1 Å². The lowest BCUT2D eigenvalue weighted by Crippen LogP contribution is -2.58. The van der Waals surface area contributed by atoms with E-state index in [-0.39, 0.29) is 12.5 Å². The Morgan fingerprint density at radius 3 is 2.21 bits per heavy atom. The first kappa shape index (κ1) is 29.3. The third kappa shape index (κ3) is 8.24. The largest absolute Gasteiger partial charge is 0.480 e. The molecule has 8 N–H and O–H groups in total. The van der Waals surface area contributed by atoms with Crippen LogP contribution in [0.25, 0.3) is 0 Å². The van der Waals surface area contributed by atoms with Crippen molar-refractivity contribution in [3.8, 4) is 0 Å². The van der Waals surface area contributed by atoms with Gasteiger partial charge in [0, 0.05) is 13.1 Å². The van der Waals surface area contributed by atoms with E-state index >= 15 is 0 Å². The standard InChI is InChI=1S/C22H40N6O6/c1-5-6-8-14(26-20(31)17(24)12(2)3)18(29)25-13(4)21(32)28-10-7-9-16(28)19(30)27-15(11-23)22(33)34/h12-17H,5-11,23-24H2,1-4H3,(H,25,29)(H,26,31)(H,27,30)(H,33,34)/t13-,14-,15-,16-,17-/m0/s1. The zero-order valence-electron chi connectivity index (χ0n) is 20.5. The number of carboxylic acids is 1. The van der Waals surface area contributed by atoms with Crippen LogP contribution in [0.4, 0.5) is 0 Å². The molecule has 12 heteroatoms. The van der Waals surface area contributed by atoms with Crippen LogP contribution in [0.5, 0.6) is 0 Å². The summed E-state index contributed by atoms with van der Waals surface area (Å²) in [6.07, 6.45) is 2.84. The minimum absolute atomic E-state index is 0.103. The van der Waals surface area contributed by atoms with E-state index in [4.69, 9.17) is 16.6 Å². The van der Waals surface area contributed by atoms with E-state index in [9.17, 15) is 24.0 Å². The Hall–Kier alpha value is -2.73. The number of nitrogens with two attached hydrogens (primary N) is 2. The molecule has 1 saturated heterocycles. The van der Waals surface area contributed by atoms with Crippen molar-refractivity contribution >= 4 is 29.6 Å². The van der Waals surface area contributed by atoms with E-state index < -0.39 is 59.8 Å². The summed E-state index contributed by atoms with van der Waals surface area (Å²) >= 11 is 0. The molecule has 0 bridgehead atoms. The summed E-state index contributed by atoms with van der Waals surface area (Å²) in [6.45, 7) is 7.10. The molecule has 1 aliphatic heterocycles. The summed E-state index contributed by atoms with van der Waals surface area (Å²) < 4.78 is 0. The van der Waals surface area contributed by atoms with Gasteiger partial charge in [-0.3, -0.25) is 19.2 Å². The molecule has 1 fully saturated rings. The average Bonchev–Trinajstić information content (AvgIpc) is 3.28. The molecule has 1 heterocycles. The zero-order valence-corrected chi connectivity index (χ0v) is 20.5. The van der Waals surface area contributed by atoms with Crippen molar-refractivity contribution in [2.45, 2.75) is 90.0 Å². The van der Waals surface area contributed by atoms with Gasteiger partial charge in [0.2, 0.25) is 23.6 Å². The summed E-state index contributed by atoms with van der Waals surface area (Å²) in [5.74, 6) is -3.37. The normalized spacial score (nSPS) is 19.1. The van der Waals surface area contributed by atoms with Crippen LogP contribution in [0, 0.1) is 5.92 Å². The average molecular weight is 485 g/mol. The third-order valence-electron chi connectivity index (χ3n) is 5.92. The second-order valence-corrected chi connectivity index (χ2v) is 9.03. The second-order valence-electron chi connectivity index (χ2n) is 9.03. The number of carboxylic acid groups (broad SMARTS) is 1. The van der Waals surface area contributed by atoms with Crippen LogP contribution in [0.2, 0.25) is 0 Å². The maximum atomic E-state index is 13.0. The molecule has 12 nitrogen and oxygen atoms in total.